The topological polar surface area (TPSA) is 25.8 Å². The fourth-order valence-electron chi connectivity index (χ4n) is 8.07. The van der Waals surface area contributed by atoms with Gasteiger partial charge in [0.05, 0.1) is 16.8 Å². The van der Waals surface area contributed by atoms with E-state index >= 15 is 0 Å². The highest BCUT2D eigenvalue weighted by Crippen LogP contribution is 2.64. The highest BCUT2D eigenvalue weighted by Gasteiger charge is 2.52. The van der Waals surface area contributed by atoms with Crippen LogP contribution in [0.15, 0.2) is 158 Å². The summed E-state index contributed by atoms with van der Waals surface area (Å²) in [7, 11) is 0. The summed E-state index contributed by atoms with van der Waals surface area (Å²) < 4.78 is 0. The van der Waals surface area contributed by atoms with Crippen LogP contribution in [-0.4, -0.2) is 9.97 Å². The van der Waals surface area contributed by atoms with Crippen LogP contribution in [0.3, 0.4) is 0 Å². The van der Waals surface area contributed by atoms with Crippen LogP contribution < -0.4 is 0 Å². The normalized spacial score (nSPS) is 13.5. The molecule has 0 N–H and O–H groups in total. The summed E-state index contributed by atoms with van der Waals surface area (Å²) in [6.07, 6.45) is 3.77. The summed E-state index contributed by atoms with van der Waals surface area (Å²) in [5, 5.41) is 5.07. The molecule has 0 unspecified atom stereocenters. The smallest absolute Gasteiger partial charge is 0.0886 e. The largest absolute Gasteiger partial charge is 0.255 e. The average molecular weight is 571 g/mol. The van der Waals surface area contributed by atoms with Crippen molar-refractivity contribution in [3.05, 3.63) is 180 Å². The number of pyridine rings is 2. The quantitative estimate of drug-likeness (QED) is 0.207. The Labute approximate surface area is 261 Å². The monoisotopic (exact) mass is 570 g/mol. The van der Waals surface area contributed by atoms with Crippen LogP contribution in [0.5, 0.6) is 0 Å². The summed E-state index contributed by atoms with van der Waals surface area (Å²) in [6, 6.07) is 53.4. The zero-order valence-electron chi connectivity index (χ0n) is 24.4. The highest BCUT2D eigenvalue weighted by molar-refractivity contribution is 6.06. The van der Waals surface area contributed by atoms with Gasteiger partial charge in [0.15, 0.2) is 0 Å². The van der Waals surface area contributed by atoms with Crippen molar-refractivity contribution in [3.63, 3.8) is 0 Å². The van der Waals surface area contributed by atoms with Gasteiger partial charge in [-0.2, -0.15) is 0 Å². The molecule has 0 bridgehead atoms. The predicted molar refractivity (Wildman–Crippen MR) is 184 cm³/mol. The Morgan fingerprint density at radius 2 is 1.11 bits per heavy atom. The highest BCUT2D eigenvalue weighted by atomic mass is 14.8. The van der Waals surface area contributed by atoms with Gasteiger partial charge in [-0.05, 0) is 108 Å². The van der Waals surface area contributed by atoms with Crippen LogP contribution in [0.4, 0.5) is 0 Å². The Balaban J connectivity index is 1.24. The van der Waals surface area contributed by atoms with E-state index < -0.39 is 5.41 Å². The van der Waals surface area contributed by atoms with Gasteiger partial charge in [0.1, 0.15) is 0 Å². The molecular formula is C43H26N2. The van der Waals surface area contributed by atoms with Crippen LogP contribution in [0.25, 0.3) is 66.3 Å². The van der Waals surface area contributed by atoms with Crippen molar-refractivity contribution >= 4 is 21.5 Å². The molecule has 1 spiro atoms. The van der Waals surface area contributed by atoms with Crippen molar-refractivity contribution in [3.8, 4) is 44.8 Å². The van der Waals surface area contributed by atoms with Crippen LogP contribution >= 0.6 is 0 Å². The first-order chi connectivity index (χ1) is 22.3. The number of benzene rings is 6. The fourth-order valence-corrected chi connectivity index (χ4v) is 8.07. The number of fused-ring (bicyclic) bond motifs is 13. The third-order valence-electron chi connectivity index (χ3n) is 9.95. The minimum atomic E-state index is -0.394. The van der Waals surface area contributed by atoms with Gasteiger partial charge in [0.2, 0.25) is 0 Å². The second kappa shape index (κ2) is 9.07. The van der Waals surface area contributed by atoms with E-state index in [-0.39, 0.29) is 0 Å². The van der Waals surface area contributed by atoms with Crippen molar-refractivity contribution in [1.29, 1.82) is 0 Å². The Morgan fingerprint density at radius 1 is 0.400 bits per heavy atom. The van der Waals surface area contributed by atoms with Gasteiger partial charge in [0.25, 0.3) is 0 Å². The lowest BCUT2D eigenvalue weighted by Gasteiger charge is -2.31. The van der Waals surface area contributed by atoms with Crippen LogP contribution in [0, 0.1) is 0 Å². The Bertz CT molecular complexity index is 2430. The number of hydrogen-bond donors (Lipinski definition) is 0. The summed E-state index contributed by atoms with van der Waals surface area (Å²) >= 11 is 0. The van der Waals surface area contributed by atoms with Gasteiger partial charge in [0, 0.05) is 18.0 Å². The minimum absolute atomic E-state index is 0.394. The third kappa shape index (κ3) is 3.29. The van der Waals surface area contributed by atoms with Crippen molar-refractivity contribution in [2.45, 2.75) is 5.41 Å². The Kier molecular flexibility index (Phi) is 4.95. The molecule has 2 aliphatic carbocycles. The van der Waals surface area contributed by atoms with Crippen LogP contribution in [0.1, 0.15) is 22.3 Å². The maximum absolute atomic E-state index is 4.76. The number of nitrogens with zero attached hydrogens (tertiary/aromatic N) is 2. The van der Waals surface area contributed by atoms with Crippen molar-refractivity contribution in [2.75, 3.05) is 0 Å². The molecule has 0 saturated carbocycles. The fraction of sp³-hybridized carbons (Fsp3) is 0.0233. The van der Waals surface area contributed by atoms with Crippen molar-refractivity contribution < 1.29 is 0 Å². The third-order valence-corrected chi connectivity index (χ3v) is 9.95. The van der Waals surface area contributed by atoms with Gasteiger partial charge in [-0.15, -0.1) is 0 Å². The first kappa shape index (κ1) is 24.6. The van der Waals surface area contributed by atoms with Gasteiger partial charge < -0.3 is 0 Å². The molecule has 45 heavy (non-hydrogen) atoms. The molecule has 0 aliphatic heterocycles. The van der Waals surface area contributed by atoms with Crippen LogP contribution in [0.2, 0.25) is 0 Å². The summed E-state index contributed by atoms with van der Waals surface area (Å²) in [5.41, 5.74) is 14.4. The van der Waals surface area contributed by atoms with Gasteiger partial charge in [-0.3, -0.25) is 9.97 Å². The second-order valence-corrected chi connectivity index (χ2v) is 12.2. The van der Waals surface area contributed by atoms with E-state index in [0.29, 0.717) is 0 Å². The second-order valence-electron chi connectivity index (χ2n) is 12.2. The molecule has 2 aromatic heterocycles. The van der Waals surface area contributed by atoms with E-state index in [1.54, 1.807) is 0 Å². The van der Waals surface area contributed by atoms with E-state index in [2.05, 4.69) is 132 Å². The average Bonchev–Trinajstić information content (AvgIpc) is 3.58. The van der Waals surface area contributed by atoms with E-state index in [1.165, 1.54) is 66.1 Å². The lowest BCUT2D eigenvalue weighted by molar-refractivity contribution is 0.802. The van der Waals surface area contributed by atoms with E-state index in [9.17, 15) is 0 Å². The number of hydrogen-bond acceptors (Lipinski definition) is 2. The summed E-state index contributed by atoms with van der Waals surface area (Å²) in [6.45, 7) is 0. The lowest BCUT2D eigenvalue weighted by Crippen LogP contribution is -2.26. The number of rotatable bonds is 2. The van der Waals surface area contributed by atoms with E-state index in [1.807, 2.05) is 30.6 Å². The lowest BCUT2D eigenvalue weighted by atomic mass is 9.69. The maximum atomic E-state index is 4.76. The molecule has 0 fully saturated rings. The molecule has 0 radical (unpaired) electrons. The molecule has 0 saturated heterocycles. The zero-order chi connectivity index (χ0) is 29.5. The SMILES string of the molecule is c1ccc(-c2ccc(-c3ccc4cc5c(cc4c3)C3(c4ccccc4-c4ccccc43)c3c-5ccc4ccccc34)cn2)nc1. The minimum Gasteiger partial charge on any atom is -0.255 e. The molecule has 2 nitrogen and oxygen atoms in total. The Hall–Kier alpha value is -5.86. The molecule has 0 amide bonds. The molecule has 6 aromatic carbocycles. The summed E-state index contributed by atoms with van der Waals surface area (Å²) in [4.78, 5) is 9.23. The van der Waals surface area contributed by atoms with Crippen molar-refractivity contribution in [1.82, 2.24) is 9.97 Å². The predicted octanol–water partition coefficient (Wildman–Crippen LogP) is 10.5. The Morgan fingerprint density at radius 3 is 1.89 bits per heavy atom. The van der Waals surface area contributed by atoms with Crippen molar-refractivity contribution in [2.24, 2.45) is 0 Å². The first-order valence-electron chi connectivity index (χ1n) is 15.5. The molecule has 2 heterocycles. The standard InChI is InChI=1S/C43H26N2/c1-2-10-32-27(9-1)18-20-35-36-24-29-17-16-28(30-19-21-41(45-26-30)40-15-7-8-22-44-40)23-31(29)25-39(36)43(42(32)35)37-13-5-3-11-33(37)34-12-4-6-14-38(34)43/h1-26H. The molecule has 0 atom stereocenters. The van der Waals surface area contributed by atoms with E-state index in [4.69, 9.17) is 4.98 Å². The summed E-state index contributed by atoms with van der Waals surface area (Å²) in [5.74, 6) is 0. The first-order valence-corrected chi connectivity index (χ1v) is 15.5. The van der Waals surface area contributed by atoms with Gasteiger partial charge in [-0.1, -0.05) is 109 Å². The molecule has 2 aliphatic rings. The van der Waals surface area contributed by atoms with Gasteiger partial charge >= 0.3 is 0 Å². The zero-order valence-corrected chi connectivity index (χ0v) is 24.4. The molecule has 10 rings (SSSR count). The molecule has 208 valence electrons. The van der Waals surface area contributed by atoms with E-state index in [0.717, 1.165) is 22.5 Å². The van der Waals surface area contributed by atoms with Crippen LogP contribution in [-0.2, 0) is 5.41 Å². The molecule has 8 aromatic rings. The maximum Gasteiger partial charge on any atom is 0.0886 e. The number of aromatic nitrogens is 2. The molecule has 2 heteroatoms. The molecular weight excluding hydrogens is 544 g/mol. The van der Waals surface area contributed by atoms with Gasteiger partial charge in [-0.25, -0.2) is 0 Å².